The van der Waals surface area contributed by atoms with Gasteiger partial charge >= 0.3 is 0 Å². The normalized spacial score (nSPS) is 26.0. The van der Waals surface area contributed by atoms with Crippen LogP contribution in [0.1, 0.15) is 12.8 Å². The molecule has 1 unspecified atom stereocenters. The van der Waals surface area contributed by atoms with Crippen molar-refractivity contribution in [1.29, 1.82) is 0 Å². The van der Waals surface area contributed by atoms with Crippen molar-refractivity contribution in [2.45, 2.75) is 12.8 Å². The summed E-state index contributed by atoms with van der Waals surface area (Å²) >= 11 is 0. The van der Waals surface area contributed by atoms with Crippen LogP contribution >= 0.6 is 0 Å². The number of carboxylic acid groups (broad SMARTS) is 1. The van der Waals surface area contributed by atoms with Crippen LogP contribution in [0.25, 0.3) is 0 Å². The monoisotopic (exact) mass is 127 g/mol. The molecule has 1 heterocycles. The maximum absolute atomic E-state index is 10.2. The number of carbonyl (C=O) groups excluding carboxylic acids is 1. The highest BCUT2D eigenvalue weighted by molar-refractivity contribution is 5.71. The molecule has 1 rings (SSSR count). The average molecular weight is 127 g/mol. The molecule has 1 N–H and O–H groups in total. The van der Waals surface area contributed by atoms with E-state index in [9.17, 15) is 9.90 Å². The van der Waals surface area contributed by atoms with Gasteiger partial charge in [0.1, 0.15) is 12.8 Å². The molecule has 9 heavy (non-hydrogen) atoms. The van der Waals surface area contributed by atoms with Crippen LogP contribution in [0, 0.1) is 5.92 Å². The van der Waals surface area contributed by atoms with E-state index >= 15 is 0 Å². The molecule has 1 aliphatic rings. The van der Waals surface area contributed by atoms with Gasteiger partial charge in [-0.15, -0.1) is 0 Å². The lowest BCUT2D eigenvalue weighted by Gasteiger charge is -2.14. The molecule has 0 amide bonds. The van der Waals surface area contributed by atoms with Crippen LogP contribution in [0.2, 0.25) is 0 Å². The summed E-state index contributed by atoms with van der Waals surface area (Å²) in [5.74, 6) is -1.18. The molecule has 50 valence electrons. The first kappa shape index (κ1) is 6.26. The minimum Gasteiger partial charge on any atom is -0.550 e. The topological polar surface area (TPSA) is 54.1 Å². The number of aliphatic carboxylic acids is 1. The Kier molecular flexibility index (Phi) is 1.82. The third kappa shape index (κ3) is 1.52. The predicted molar refractivity (Wildman–Crippen MR) is 29.6 cm³/mol. The summed E-state index contributed by atoms with van der Waals surface area (Å²) in [6.45, 7) is 0.763. The molecular formula is C6H9NO2. The largest absolute Gasteiger partial charge is 0.550 e. The zero-order valence-electron chi connectivity index (χ0n) is 5.09. The van der Waals surface area contributed by atoms with Crippen LogP contribution in [0.15, 0.2) is 0 Å². The summed E-state index contributed by atoms with van der Waals surface area (Å²) < 4.78 is 0. The number of hydrogen-bond acceptors (Lipinski definition) is 2. The van der Waals surface area contributed by atoms with E-state index in [0.717, 1.165) is 6.54 Å². The Bertz CT molecular complexity index is 142. The van der Waals surface area contributed by atoms with Crippen LogP contribution in [0.5, 0.6) is 0 Å². The third-order valence-electron chi connectivity index (χ3n) is 1.52. The van der Waals surface area contributed by atoms with E-state index < -0.39 is 5.97 Å². The Morgan fingerprint density at radius 2 is 2.56 bits per heavy atom. The third-order valence-corrected chi connectivity index (χ3v) is 1.52. The van der Waals surface area contributed by atoms with E-state index in [-0.39, 0.29) is 5.92 Å². The number of hydrogen-bond donors (Lipinski definition) is 1. The van der Waals surface area contributed by atoms with Crippen molar-refractivity contribution in [2.24, 2.45) is 5.92 Å². The zero-order chi connectivity index (χ0) is 6.69. The number of carbonyl (C=O) groups is 1. The average Bonchev–Trinajstić information content (AvgIpc) is 1.90. The summed E-state index contributed by atoms with van der Waals surface area (Å²) in [5.41, 5.74) is 0. The second kappa shape index (κ2) is 2.62. The van der Waals surface area contributed by atoms with Crippen LogP contribution in [0.4, 0.5) is 0 Å². The van der Waals surface area contributed by atoms with E-state index in [1.807, 2.05) is 0 Å². The Morgan fingerprint density at radius 3 is 2.89 bits per heavy atom. The van der Waals surface area contributed by atoms with Crippen LogP contribution in [-0.4, -0.2) is 18.7 Å². The van der Waals surface area contributed by atoms with Crippen molar-refractivity contribution < 1.29 is 14.9 Å². The van der Waals surface area contributed by atoms with Gasteiger partial charge < -0.3 is 9.90 Å². The van der Waals surface area contributed by atoms with Gasteiger partial charge in [-0.1, -0.05) is 0 Å². The number of nitrogens with one attached hydrogen (secondary N) is 1. The van der Waals surface area contributed by atoms with Crippen molar-refractivity contribution in [3.8, 4) is 0 Å². The number of rotatable bonds is 1. The highest BCUT2D eigenvalue weighted by Crippen LogP contribution is 2.03. The highest BCUT2D eigenvalue weighted by atomic mass is 16.4. The first-order valence-electron chi connectivity index (χ1n) is 3.06. The molecule has 3 nitrogen and oxygen atoms in total. The fraction of sp³-hybridized carbons (Fsp3) is 0.667. The lowest BCUT2D eigenvalue weighted by Crippen LogP contribution is -2.71. The van der Waals surface area contributed by atoms with Gasteiger partial charge in [0.15, 0.2) is 0 Å². The minimum atomic E-state index is -0.923. The fourth-order valence-electron chi connectivity index (χ4n) is 0.917. The Labute approximate surface area is 53.4 Å². The summed E-state index contributed by atoms with van der Waals surface area (Å²) in [6, 6.07) is 0. The van der Waals surface area contributed by atoms with E-state index in [2.05, 4.69) is 4.99 Å². The second-order valence-electron chi connectivity index (χ2n) is 2.20. The molecule has 0 aromatic carbocycles. The summed E-state index contributed by atoms with van der Waals surface area (Å²) in [5, 5.41) is 10.2. The van der Waals surface area contributed by atoms with Gasteiger partial charge in [0.2, 0.25) is 0 Å². The molecular weight excluding hydrogens is 118 g/mol. The molecule has 0 aliphatic carbocycles. The minimum absolute atomic E-state index is 0.258. The zero-order valence-corrected chi connectivity index (χ0v) is 5.09. The molecule has 0 saturated carbocycles. The molecule has 1 aliphatic heterocycles. The van der Waals surface area contributed by atoms with E-state index in [4.69, 9.17) is 0 Å². The maximum atomic E-state index is 10.2. The van der Waals surface area contributed by atoms with Gasteiger partial charge in [-0.3, -0.25) is 4.99 Å². The molecule has 0 radical (unpaired) electrons. The SMILES string of the molecule is O=C([O-])C1CC=[NH+]CC1. The molecule has 0 bridgehead atoms. The lowest BCUT2D eigenvalue weighted by atomic mass is 10.0. The smallest absolute Gasteiger partial charge is 0.141 e. The van der Waals surface area contributed by atoms with Crippen LogP contribution in [0.3, 0.4) is 0 Å². The van der Waals surface area contributed by atoms with Crippen LogP contribution < -0.4 is 10.1 Å². The Balaban J connectivity index is 2.44. The van der Waals surface area contributed by atoms with Gasteiger partial charge in [-0.25, -0.2) is 0 Å². The van der Waals surface area contributed by atoms with Crippen molar-refractivity contribution in [2.75, 3.05) is 6.54 Å². The molecule has 0 fully saturated rings. The molecule has 0 aromatic heterocycles. The van der Waals surface area contributed by atoms with Gasteiger partial charge in [-0.05, 0) is 0 Å². The molecule has 1 atom stereocenters. The van der Waals surface area contributed by atoms with E-state index in [1.165, 1.54) is 0 Å². The standard InChI is InChI=1S/C6H9NO2/c8-6(9)5-1-3-7-4-2-5/h3,5H,1-2,4H2,(H,8,9). The van der Waals surface area contributed by atoms with Gasteiger partial charge in [-0.2, -0.15) is 0 Å². The fourth-order valence-corrected chi connectivity index (χ4v) is 0.917. The van der Waals surface area contributed by atoms with E-state index in [1.54, 1.807) is 6.21 Å². The summed E-state index contributed by atoms with van der Waals surface area (Å²) in [6.07, 6.45) is 3.07. The number of carboxylic acids is 1. The highest BCUT2D eigenvalue weighted by Gasteiger charge is 2.13. The Morgan fingerprint density at radius 1 is 1.78 bits per heavy atom. The molecule has 0 saturated heterocycles. The van der Waals surface area contributed by atoms with Gasteiger partial charge in [0.05, 0.1) is 0 Å². The summed E-state index contributed by atoms with van der Waals surface area (Å²) in [7, 11) is 0. The lowest BCUT2D eigenvalue weighted by molar-refractivity contribution is -0.461. The molecule has 3 heteroatoms. The van der Waals surface area contributed by atoms with Crippen molar-refractivity contribution >= 4 is 12.2 Å². The quantitative estimate of drug-likeness (QED) is 0.416. The summed E-state index contributed by atoms with van der Waals surface area (Å²) in [4.78, 5) is 13.1. The van der Waals surface area contributed by atoms with Crippen molar-refractivity contribution in [1.82, 2.24) is 0 Å². The van der Waals surface area contributed by atoms with Crippen LogP contribution in [-0.2, 0) is 4.79 Å². The second-order valence-corrected chi connectivity index (χ2v) is 2.20. The molecule has 0 aromatic rings. The molecule has 0 spiro atoms. The van der Waals surface area contributed by atoms with Gasteiger partial charge in [0.25, 0.3) is 0 Å². The Hall–Kier alpha value is -0.860. The predicted octanol–water partition coefficient (Wildman–Crippen LogP) is -2.70. The first-order valence-corrected chi connectivity index (χ1v) is 3.06. The van der Waals surface area contributed by atoms with Gasteiger partial charge in [0, 0.05) is 24.7 Å². The first-order chi connectivity index (χ1) is 4.30. The van der Waals surface area contributed by atoms with Crippen molar-refractivity contribution in [3.63, 3.8) is 0 Å². The van der Waals surface area contributed by atoms with Crippen molar-refractivity contribution in [3.05, 3.63) is 0 Å². The maximum Gasteiger partial charge on any atom is 0.141 e. The van der Waals surface area contributed by atoms with E-state index in [0.29, 0.717) is 12.8 Å².